The molecule has 0 aliphatic rings. The number of rotatable bonds is 11. The highest BCUT2D eigenvalue weighted by Gasteiger charge is 2.14. The molecule has 0 radical (unpaired) electrons. The normalized spacial score (nSPS) is 10.5. The molecular weight excluding hydrogens is 624 g/mol. The van der Waals surface area contributed by atoms with Gasteiger partial charge in [-0.25, -0.2) is 0 Å². The molecule has 2 heterocycles. The van der Waals surface area contributed by atoms with E-state index in [1.54, 1.807) is 60.9 Å². The SMILES string of the molecule is Cc1c(COc2ccc(C=O)c(-c3cncc(C#N)c3)c2)cccc1-c1cccc(COc2ccc(C=O)c(-c3cncc(C#N)c3)c2)c1C. The van der Waals surface area contributed by atoms with E-state index in [2.05, 4.69) is 48.1 Å². The summed E-state index contributed by atoms with van der Waals surface area (Å²) in [5.74, 6) is 1.18. The van der Waals surface area contributed by atoms with Gasteiger partial charge in [-0.1, -0.05) is 36.4 Å². The van der Waals surface area contributed by atoms with Crippen LogP contribution in [0.25, 0.3) is 33.4 Å². The van der Waals surface area contributed by atoms with E-state index in [-0.39, 0.29) is 0 Å². The van der Waals surface area contributed by atoms with Crippen LogP contribution in [-0.2, 0) is 13.2 Å². The van der Waals surface area contributed by atoms with Crippen molar-refractivity contribution in [2.75, 3.05) is 0 Å². The van der Waals surface area contributed by atoms with E-state index in [0.29, 0.717) is 69.2 Å². The summed E-state index contributed by atoms with van der Waals surface area (Å²) in [6, 6.07) is 30.4. The number of carbonyl (C=O) groups excluding carboxylic acids is 2. The van der Waals surface area contributed by atoms with E-state index in [4.69, 9.17) is 9.47 Å². The molecule has 0 saturated heterocycles. The van der Waals surface area contributed by atoms with Crippen molar-refractivity contribution < 1.29 is 19.1 Å². The number of aromatic nitrogens is 2. The van der Waals surface area contributed by atoms with Crippen molar-refractivity contribution in [3.8, 4) is 57.0 Å². The zero-order valence-corrected chi connectivity index (χ0v) is 27.4. The minimum atomic E-state index is 0.309. The highest BCUT2D eigenvalue weighted by atomic mass is 16.5. The van der Waals surface area contributed by atoms with Crippen molar-refractivity contribution in [2.24, 2.45) is 0 Å². The number of carbonyl (C=O) groups is 2. The Morgan fingerprint density at radius 1 is 0.580 bits per heavy atom. The molecule has 0 atom stereocenters. The fraction of sp³-hybridized carbons (Fsp3) is 0.0952. The number of benzene rings is 4. The molecule has 8 heteroatoms. The minimum absolute atomic E-state index is 0.309. The Balaban J connectivity index is 1.21. The summed E-state index contributed by atoms with van der Waals surface area (Å²) in [6.45, 7) is 4.76. The molecule has 0 amide bonds. The summed E-state index contributed by atoms with van der Waals surface area (Å²) in [5.41, 5.74) is 10.7. The molecule has 0 bridgehead atoms. The van der Waals surface area contributed by atoms with Gasteiger partial charge < -0.3 is 9.47 Å². The lowest BCUT2D eigenvalue weighted by Gasteiger charge is -2.17. The molecule has 0 unspecified atom stereocenters. The Kier molecular flexibility index (Phi) is 9.84. The first-order valence-electron chi connectivity index (χ1n) is 15.7. The Labute approximate surface area is 289 Å². The molecule has 6 aromatic rings. The van der Waals surface area contributed by atoms with E-state index in [9.17, 15) is 20.1 Å². The van der Waals surface area contributed by atoms with Crippen LogP contribution in [0.5, 0.6) is 11.5 Å². The average Bonchev–Trinajstić information content (AvgIpc) is 3.17. The first kappa shape index (κ1) is 33.0. The quantitative estimate of drug-likeness (QED) is 0.127. The molecule has 4 aromatic carbocycles. The first-order valence-corrected chi connectivity index (χ1v) is 15.7. The molecule has 0 saturated carbocycles. The highest BCUT2D eigenvalue weighted by molar-refractivity contribution is 5.89. The number of nitriles is 2. The van der Waals surface area contributed by atoms with E-state index in [0.717, 1.165) is 46.0 Å². The molecule has 8 nitrogen and oxygen atoms in total. The summed E-state index contributed by atoms with van der Waals surface area (Å²) < 4.78 is 12.5. The van der Waals surface area contributed by atoms with Gasteiger partial charge >= 0.3 is 0 Å². The number of aldehydes is 2. The van der Waals surface area contributed by atoms with Crippen LogP contribution in [-0.4, -0.2) is 22.5 Å². The predicted molar refractivity (Wildman–Crippen MR) is 190 cm³/mol. The lowest BCUT2D eigenvalue weighted by Crippen LogP contribution is -2.02. The second-order valence-electron chi connectivity index (χ2n) is 11.6. The van der Waals surface area contributed by atoms with Crippen molar-refractivity contribution in [3.05, 3.63) is 154 Å². The average molecular weight is 655 g/mol. The highest BCUT2D eigenvalue weighted by Crippen LogP contribution is 2.33. The van der Waals surface area contributed by atoms with Crippen molar-refractivity contribution >= 4 is 12.6 Å². The summed E-state index contributed by atoms with van der Waals surface area (Å²) in [7, 11) is 0. The topological polar surface area (TPSA) is 126 Å². The van der Waals surface area contributed by atoms with Crippen molar-refractivity contribution in [3.63, 3.8) is 0 Å². The lowest BCUT2D eigenvalue weighted by atomic mass is 9.92. The van der Waals surface area contributed by atoms with E-state index in [1.807, 2.05) is 24.3 Å². The third kappa shape index (κ3) is 7.01. The van der Waals surface area contributed by atoms with Gasteiger partial charge in [-0.05, 0) is 107 Å². The Bertz CT molecular complexity index is 2170. The zero-order valence-electron chi connectivity index (χ0n) is 27.4. The number of ether oxygens (including phenoxy) is 2. The minimum Gasteiger partial charge on any atom is -0.489 e. The molecule has 6 rings (SSSR count). The Morgan fingerprint density at radius 3 is 1.42 bits per heavy atom. The smallest absolute Gasteiger partial charge is 0.150 e. The number of hydrogen-bond donors (Lipinski definition) is 0. The fourth-order valence-electron chi connectivity index (χ4n) is 5.84. The third-order valence-electron chi connectivity index (χ3n) is 8.63. The lowest BCUT2D eigenvalue weighted by molar-refractivity contribution is 0.111. The molecule has 2 aromatic heterocycles. The van der Waals surface area contributed by atoms with Gasteiger partial charge in [0, 0.05) is 47.0 Å². The van der Waals surface area contributed by atoms with Gasteiger partial charge in [0.05, 0.1) is 11.1 Å². The zero-order chi connectivity index (χ0) is 35.0. The van der Waals surface area contributed by atoms with E-state index < -0.39 is 0 Å². The van der Waals surface area contributed by atoms with Crippen LogP contribution in [0.3, 0.4) is 0 Å². The van der Waals surface area contributed by atoms with Crippen LogP contribution in [0.4, 0.5) is 0 Å². The van der Waals surface area contributed by atoms with Crippen molar-refractivity contribution in [2.45, 2.75) is 27.1 Å². The van der Waals surface area contributed by atoms with Gasteiger partial charge in [0.15, 0.2) is 12.6 Å². The summed E-state index contributed by atoms with van der Waals surface area (Å²) in [5, 5.41) is 18.6. The predicted octanol–water partition coefficient (Wildman–Crippen LogP) is 8.62. The Hall–Kier alpha value is -6.90. The van der Waals surface area contributed by atoms with Crippen LogP contribution in [0.2, 0.25) is 0 Å². The van der Waals surface area contributed by atoms with Crippen molar-refractivity contribution in [1.29, 1.82) is 10.5 Å². The molecule has 50 heavy (non-hydrogen) atoms. The van der Waals surface area contributed by atoms with Gasteiger partial charge in [-0.15, -0.1) is 0 Å². The summed E-state index contributed by atoms with van der Waals surface area (Å²) >= 11 is 0. The molecule has 0 spiro atoms. The second-order valence-corrected chi connectivity index (χ2v) is 11.6. The Morgan fingerprint density at radius 2 is 1.02 bits per heavy atom. The number of nitrogens with zero attached hydrogens (tertiary/aromatic N) is 4. The van der Waals surface area contributed by atoms with E-state index >= 15 is 0 Å². The first-order chi connectivity index (χ1) is 24.4. The molecular formula is C42H30N4O4. The fourth-order valence-corrected chi connectivity index (χ4v) is 5.84. The second kappa shape index (κ2) is 14.9. The standard InChI is InChI=1S/C42H30N4O4/c1-27-33(25-49-37-11-9-31(23-47)41(15-37)35-13-29(17-43)19-45-21-35)5-3-7-39(27)40-8-4-6-34(28(40)2)26-50-38-12-10-32(24-48)42(16-38)36-14-30(18-44)20-46-22-36/h3-16,19-24H,25-26H2,1-2H3. The molecule has 0 fully saturated rings. The summed E-state index contributed by atoms with van der Waals surface area (Å²) in [6.07, 6.45) is 7.76. The van der Waals surface area contributed by atoms with Gasteiger partial charge in [0.2, 0.25) is 0 Å². The van der Waals surface area contributed by atoms with Gasteiger partial charge in [-0.3, -0.25) is 19.6 Å². The summed E-state index contributed by atoms with van der Waals surface area (Å²) in [4.78, 5) is 31.8. The molecule has 0 N–H and O–H groups in total. The number of pyridine rings is 2. The maximum absolute atomic E-state index is 11.8. The largest absolute Gasteiger partial charge is 0.489 e. The maximum Gasteiger partial charge on any atom is 0.150 e. The van der Waals surface area contributed by atoms with Crippen LogP contribution >= 0.6 is 0 Å². The van der Waals surface area contributed by atoms with Crippen molar-refractivity contribution in [1.82, 2.24) is 9.97 Å². The van der Waals surface area contributed by atoms with Gasteiger partial charge in [0.1, 0.15) is 36.9 Å². The number of hydrogen-bond acceptors (Lipinski definition) is 8. The van der Waals surface area contributed by atoms with Crippen LogP contribution in [0.15, 0.2) is 110 Å². The van der Waals surface area contributed by atoms with Crippen LogP contribution in [0.1, 0.15) is 54.1 Å². The van der Waals surface area contributed by atoms with E-state index in [1.165, 1.54) is 12.4 Å². The van der Waals surface area contributed by atoms with Gasteiger partial charge in [0.25, 0.3) is 0 Å². The molecule has 0 aliphatic heterocycles. The third-order valence-corrected chi connectivity index (χ3v) is 8.63. The molecule has 242 valence electrons. The maximum atomic E-state index is 11.8. The molecule has 0 aliphatic carbocycles. The van der Waals surface area contributed by atoms with Crippen LogP contribution < -0.4 is 9.47 Å². The van der Waals surface area contributed by atoms with Crippen LogP contribution in [0, 0.1) is 36.5 Å². The monoisotopic (exact) mass is 654 g/mol. The van der Waals surface area contributed by atoms with Gasteiger partial charge in [-0.2, -0.15) is 10.5 Å².